The minimum Gasteiger partial charge on any atom is -0.386 e. The van der Waals surface area contributed by atoms with E-state index in [2.05, 4.69) is 25.6 Å². The highest BCUT2D eigenvalue weighted by molar-refractivity contribution is 5.65. The van der Waals surface area contributed by atoms with Gasteiger partial charge in [-0.15, -0.1) is 0 Å². The third-order valence-corrected chi connectivity index (χ3v) is 4.21. The monoisotopic (exact) mass is 377 g/mol. The second kappa shape index (κ2) is 8.15. The first-order valence-corrected chi connectivity index (χ1v) is 8.54. The zero-order valence-electron chi connectivity index (χ0n) is 14.9. The molecule has 1 aliphatic rings. The molecule has 146 valence electrons. The van der Waals surface area contributed by atoms with E-state index in [0.29, 0.717) is 12.8 Å². The van der Waals surface area contributed by atoms with Crippen LogP contribution in [0.2, 0.25) is 0 Å². The SMILES string of the molecule is CC[C@H](C)Nc1nc(N[C@H](C)C(F)(F)F)nc(C2=C(F)C(O)CCC2)n1. The van der Waals surface area contributed by atoms with Crippen molar-refractivity contribution in [1.29, 1.82) is 0 Å². The van der Waals surface area contributed by atoms with Gasteiger partial charge in [0.15, 0.2) is 5.82 Å². The van der Waals surface area contributed by atoms with E-state index in [1.807, 2.05) is 13.8 Å². The van der Waals surface area contributed by atoms with Crippen LogP contribution in [0.25, 0.3) is 5.57 Å². The molecule has 0 saturated carbocycles. The molecule has 2 rings (SSSR count). The van der Waals surface area contributed by atoms with E-state index in [1.54, 1.807) is 0 Å². The Kier molecular flexibility index (Phi) is 6.38. The first kappa shape index (κ1) is 20.3. The molecule has 1 aromatic heterocycles. The number of hydrogen-bond donors (Lipinski definition) is 3. The maximum absolute atomic E-state index is 14.3. The molecule has 10 heteroatoms. The lowest BCUT2D eigenvalue weighted by atomic mass is 9.96. The smallest absolute Gasteiger partial charge is 0.386 e. The first-order chi connectivity index (χ1) is 12.1. The second-order valence-corrected chi connectivity index (χ2v) is 6.40. The number of alkyl halides is 3. The number of aliphatic hydroxyl groups is 1. The Labute approximate surface area is 149 Å². The molecule has 1 unspecified atom stereocenters. The van der Waals surface area contributed by atoms with Gasteiger partial charge in [-0.05, 0) is 39.5 Å². The molecule has 26 heavy (non-hydrogen) atoms. The molecule has 0 spiro atoms. The average Bonchev–Trinajstić information content (AvgIpc) is 2.56. The minimum absolute atomic E-state index is 0.0334. The van der Waals surface area contributed by atoms with Gasteiger partial charge < -0.3 is 15.7 Å². The van der Waals surface area contributed by atoms with E-state index >= 15 is 0 Å². The summed E-state index contributed by atoms with van der Waals surface area (Å²) < 4.78 is 52.7. The van der Waals surface area contributed by atoms with Gasteiger partial charge in [-0.25, -0.2) is 4.39 Å². The molecular formula is C16H23F4N5O. The van der Waals surface area contributed by atoms with Gasteiger partial charge in [0, 0.05) is 11.6 Å². The van der Waals surface area contributed by atoms with Crippen molar-refractivity contribution < 1.29 is 22.7 Å². The van der Waals surface area contributed by atoms with Crippen molar-refractivity contribution in [2.75, 3.05) is 10.6 Å². The maximum atomic E-state index is 14.3. The molecule has 3 atom stereocenters. The quantitative estimate of drug-likeness (QED) is 0.656. The largest absolute Gasteiger partial charge is 0.408 e. The van der Waals surface area contributed by atoms with Gasteiger partial charge in [0.1, 0.15) is 18.0 Å². The standard InChI is InChI=1S/C16H23F4N5O/c1-4-8(2)21-14-23-13(10-6-5-7-11(26)12(10)17)24-15(25-14)22-9(3)16(18,19)20/h8-9,11,26H,4-7H2,1-3H3,(H2,21,22,23,24,25)/t8-,9+,11?/m0/s1. The summed E-state index contributed by atoms with van der Waals surface area (Å²) in [6, 6.07) is -1.92. The second-order valence-electron chi connectivity index (χ2n) is 6.40. The molecule has 0 aliphatic heterocycles. The summed E-state index contributed by atoms with van der Waals surface area (Å²) in [5.41, 5.74) is 0.0982. The predicted octanol–water partition coefficient (Wildman–Crippen LogP) is 3.67. The number of rotatable bonds is 6. The maximum Gasteiger partial charge on any atom is 0.408 e. The van der Waals surface area contributed by atoms with Gasteiger partial charge >= 0.3 is 6.18 Å². The van der Waals surface area contributed by atoms with Gasteiger partial charge in [-0.2, -0.15) is 28.1 Å². The summed E-state index contributed by atoms with van der Waals surface area (Å²) in [6.45, 7) is 4.72. The van der Waals surface area contributed by atoms with Crippen molar-refractivity contribution in [2.45, 2.75) is 70.8 Å². The van der Waals surface area contributed by atoms with Crippen molar-refractivity contribution in [1.82, 2.24) is 15.0 Å². The highest BCUT2D eigenvalue weighted by Gasteiger charge is 2.36. The number of allylic oxidation sites excluding steroid dienone is 1. The van der Waals surface area contributed by atoms with Crippen LogP contribution in [0.1, 0.15) is 52.3 Å². The van der Waals surface area contributed by atoms with Gasteiger partial charge in [-0.3, -0.25) is 0 Å². The summed E-state index contributed by atoms with van der Waals surface area (Å²) in [6.07, 6.45) is -3.88. The van der Waals surface area contributed by atoms with Gasteiger partial charge in [0.2, 0.25) is 11.9 Å². The number of hydrogen-bond acceptors (Lipinski definition) is 6. The lowest BCUT2D eigenvalue weighted by Crippen LogP contribution is -2.34. The molecule has 1 heterocycles. The van der Waals surface area contributed by atoms with Crippen molar-refractivity contribution in [2.24, 2.45) is 0 Å². The van der Waals surface area contributed by atoms with Crippen molar-refractivity contribution >= 4 is 17.5 Å². The van der Waals surface area contributed by atoms with Crippen LogP contribution in [0, 0.1) is 0 Å². The minimum atomic E-state index is -4.48. The molecule has 0 saturated heterocycles. The summed E-state index contributed by atoms with van der Waals surface area (Å²) in [5.74, 6) is -1.06. The fourth-order valence-electron chi connectivity index (χ4n) is 2.38. The summed E-state index contributed by atoms with van der Waals surface area (Å²) in [4.78, 5) is 12.0. The van der Waals surface area contributed by atoms with Crippen molar-refractivity contribution in [3.05, 3.63) is 11.7 Å². The Morgan fingerprint density at radius 3 is 2.35 bits per heavy atom. The molecule has 0 aromatic carbocycles. The van der Waals surface area contributed by atoms with Gasteiger partial charge in [0.25, 0.3) is 0 Å². The van der Waals surface area contributed by atoms with Crippen LogP contribution in [-0.4, -0.2) is 44.4 Å². The molecule has 0 radical (unpaired) electrons. The number of anilines is 2. The van der Waals surface area contributed by atoms with E-state index in [9.17, 15) is 22.7 Å². The topological polar surface area (TPSA) is 83.0 Å². The fraction of sp³-hybridized carbons (Fsp3) is 0.688. The number of nitrogens with zero attached hydrogens (tertiary/aromatic N) is 3. The molecule has 1 aromatic rings. The van der Waals surface area contributed by atoms with Crippen LogP contribution in [0.15, 0.2) is 5.83 Å². The number of halogens is 4. The summed E-state index contributed by atoms with van der Waals surface area (Å²) in [5, 5.41) is 14.8. The Morgan fingerprint density at radius 1 is 1.15 bits per heavy atom. The predicted molar refractivity (Wildman–Crippen MR) is 90.2 cm³/mol. The van der Waals surface area contributed by atoms with Crippen LogP contribution >= 0.6 is 0 Å². The molecule has 0 bridgehead atoms. The number of aliphatic hydroxyl groups excluding tert-OH is 1. The number of aromatic nitrogens is 3. The van der Waals surface area contributed by atoms with Gasteiger partial charge in [-0.1, -0.05) is 6.92 Å². The number of nitrogens with one attached hydrogen (secondary N) is 2. The fourth-order valence-corrected chi connectivity index (χ4v) is 2.38. The molecule has 0 amide bonds. The van der Waals surface area contributed by atoms with Crippen LogP contribution in [0.3, 0.4) is 0 Å². The van der Waals surface area contributed by atoms with E-state index in [-0.39, 0.29) is 35.8 Å². The highest BCUT2D eigenvalue weighted by Crippen LogP contribution is 2.32. The van der Waals surface area contributed by atoms with Crippen LogP contribution in [0.5, 0.6) is 0 Å². The van der Waals surface area contributed by atoms with Crippen LogP contribution in [0.4, 0.5) is 29.5 Å². The van der Waals surface area contributed by atoms with Gasteiger partial charge in [0.05, 0.1) is 0 Å². The van der Waals surface area contributed by atoms with Crippen molar-refractivity contribution in [3.63, 3.8) is 0 Å². The van der Waals surface area contributed by atoms with Crippen molar-refractivity contribution in [3.8, 4) is 0 Å². The molecule has 1 aliphatic carbocycles. The Balaban J connectivity index is 2.42. The lowest BCUT2D eigenvalue weighted by Gasteiger charge is -2.21. The lowest BCUT2D eigenvalue weighted by molar-refractivity contribution is -0.138. The summed E-state index contributed by atoms with van der Waals surface area (Å²) in [7, 11) is 0. The molecule has 3 N–H and O–H groups in total. The third-order valence-electron chi connectivity index (χ3n) is 4.21. The zero-order chi connectivity index (χ0) is 19.5. The normalized spacial score (nSPS) is 20.7. The van der Waals surface area contributed by atoms with E-state index in [4.69, 9.17) is 0 Å². The first-order valence-electron chi connectivity index (χ1n) is 8.54. The van der Waals surface area contributed by atoms with Crippen LogP contribution in [-0.2, 0) is 0 Å². The Hall–Kier alpha value is -1.97. The Bertz CT molecular complexity index is 665. The molecular weight excluding hydrogens is 354 g/mol. The van der Waals surface area contributed by atoms with Crippen LogP contribution < -0.4 is 10.6 Å². The molecule has 0 fully saturated rings. The average molecular weight is 377 g/mol. The summed E-state index contributed by atoms with van der Waals surface area (Å²) >= 11 is 0. The third kappa shape index (κ3) is 5.03. The highest BCUT2D eigenvalue weighted by atomic mass is 19.4. The van der Waals surface area contributed by atoms with E-state index in [1.165, 1.54) is 0 Å². The molecule has 6 nitrogen and oxygen atoms in total. The Morgan fingerprint density at radius 2 is 1.77 bits per heavy atom. The van der Waals surface area contributed by atoms with E-state index in [0.717, 1.165) is 13.3 Å². The zero-order valence-corrected chi connectivity index (χ0v) is 14.9. The van der Waals surface area contributed by atoms with E-state index < -0.39 is 24.1 Å².